The van der Waals surface area contributed by atoms with Gasteiger partial charge in [0.15, 0.2) is 0 Å². The smallest absolute Gasteiger partial charge is 0.326 e. The van der Waals surface area contributed by atoms with Gasteiger partial charge >= 0.3 is 5.97 Å². The first-order valence-corrected chi connectivity index (χ1v) is 11.5. The van der Waals surface area contributed by atoms with Crippen molar-refractivity contribution in [2.24, 2.45) is 17.6 Å². The van der Waals surface area contributed by atoms with Crippen molar-refractivity contribution in [3.63, 3.8) is 0 Å². The maximum Gasteiger partial charge on any atom is 0.326 e. The van der Waals surface area contributed by atoms with Crippen molar-refractivity contribution in [3.8, 4) is 0 Å². The molecule has 1 aromatic rings. The molecule has 7 N–H and O–H groups in total. The molecule has 10 nitrogen and oxygen atoms in total. The fraction of sp³-hybridized carbons (Fsp3) is 0.583. The van der Waals surface area contributed by atoms with Crippen LogP contribution >= 0.6 is 0 Å². The number of benzene rings is 1. The molecular formula is C24H38N4O6. The Morgan fingerprint density at radius 2 is 1.41 bits per heavy atom. The van der Waals surface area contributed by atoms with Crippen LogP contribution in [0.15, 0.2) is 30.3 Å². The third kappa shape index (κ3) is 8.75. The Bertz CT molecular complexity index is 830. The largest absolute Gasteiger partial charge is 0.480 e. The van der Waals surface area contributed by atoms with Crippen LogP contribution in [0.5, 0.6) is 0 Å². The summed E-state index contributed by atoms with van der Waals surface area (Å²) < 4.78 is 0. The highest BCUT2D eigenvalue weighted by molar-refractivity contribution is 5.94. The van der Waals surface area contributed by atoms with Crippen LogP contribution in [0, 0.1) is 11.8 Å². The molecule has 0 aliphatic carbocycles. The molecule has 10 heteroatoms. The number of hydrogen-bond donors (Lipinski definition) is 6. The van der Waals surface area contributed by atoms with E-state index in [1.807, 2.05) is 13.0 Å². The van der Waals surface area contributed by atoms with Crippen molar-refractivity contribution in [1.29, 1.82) is 0 Å². The summed E-state index contributed by atoms with van der Waals surface area (Å²) in [4.78, 5) is 50.1. The molecule has 0 aromatic heterocycles. The van der Waals surface area contributed by atoms with E-state index in [9.17, 15) is 29.4 Å². The Kier molecular flexibility index (Phi) is 11.7. The molecule has 0 fully saturated rings. The number of carboxylic acid groups (broad SMARTS) is 1. The van der Waals surface area contributed by atoms with Crippen molar-refractivity contribution in [2.45, 2.75) is 77.7 Å². The van der Waals surface area contributed by atoms with Crippen molar-refractivity contribution in [1.82, 2.24) is 16.0 Å². The van der Waals surface area contributed by atoms with Crippen molar-refractivity contribution >= 4 is 23.7 Å². The van der Waals surface area contributed by atoms with E-state index in [4.69, 9.17) is 5.73 Å². The number of aliphatic hydroxyl groups is 1. The normalized spacial score (nSPS) is 16.5. The van der Waals surface area contributed by atoms with Crippen LogP contribution in [0.1, 0.15) is 46.6 Å². The zero-order valence-corrected chi connectivity index (χ0v) is 20.4. The first-order valence-electron chi connectivity index (χ1n) is 11.5. The van der Waals surface area contributed by atoms with E-state index < -0.39 is 54.0 Å². The summed E-state index contributed by atoms with van der Waals surface area (Å²) in [5.41, 5.74) is 6.43. The summed E-state index contributed by atoms with van der Waals surface area (Å²) in [6.07, 6.45) is -0.463. The van der Waals surface area contributed by atoms with Crippen molar-refractivity contribution in [2.75, 3.05) is 0 Å². The van der Waals surface area contributed by atoms with Crippen LogP contribution in [0.25, 0.3) is 0 Å². The predicted molar refractivity (Wildman–Crippen MR) is 128 cm³/mol. The lowest BCUT2D eigenvalue weighted by Crippen LogP contribution is -2.60. The molecule has 0 saturated heterocycles. The van der Waals surface area contributed by atoms with Gasteiger partial charge in [0.25, 0.3) is 0 Å². The lowest BCUT2D eigenvalue weighted by Gasteiger charge is -2.29. The van der Waals surface area contributed by atoms with Crippen LogP contribution in [0.4, 0.5) is 0 Å². The fourth-order valence-electron chi connectivity index (χ4n) is 3.26. The number of aliphatic carboxylic acids is 1. The lowest BCUT2D eigenvalue weighted by molar-refractivity contribution is -0.142. The average molecular weight is 479 g/mol. The van der Waals surface area contributed by atoms with Crippen LogP contribution in [0.3, 0.4) is 0 Å². The van der Waals surface area contributed by atoms with Gasteiger partial charge in [0.1, 0.15) is 24.2 Å². The second kappa shape index (κ2) is 13.7. The molecule has 1 aromatic carbocycles. The number of carbonyl (C=O) groups excluding carboxylic acids is 3. The van der Waals surface area contributed by atoms with E-state index in [2.05, 4.69) is 16.0 Å². The molecule has 34 heavy (non-hydrogen) atoms. The maximum atomic E-state index is 13.1. The number of aliphatic hydroxyl groups excluding tert-OH is 1. The molecule has 3 amide bonds. The van der Waals surface area contributed by atoms with E-state index in [1.54, 1.807) is 45.0 Å². The molecule has 0 aliphatic heterocycles. The van der Waals surface area contributed by atoms with Gasteiger partial charge in [-0.15, -0.1) is 0 Å². The molecular weight excluding hydrogens is 440 g/mol. The van der Waals surface area contributed by atoms with Crippen molar-refractivity contribution in [3.05, 3.63) is 35.9 Å². The first-order chi connectivity index (χ1) is 15.9. The molecule has 0 bridgehead atoms. The van der Waals surface area contributed by atoms with Gasteiger partial charge in [0.2, 0.25) is 17.7 Å². The van der Waals surface area contributed by atoms with Gasteiger partial charge in [0.05, 0.1) is 6.10 Å². The summed E-state index contributed by atoms with van der Waals surface area (Å²) >= 11 is 0. The molecule has 0 saturated carbocycles. The zero-order chi connectivity index (χ0) is 26.0. The SMILES string of the molecule is CCC(C)C(NC(=O)C(N)C(C)O)C(=O)NC(C(=O)NC(Cc1ccccc1)C(=O)O)C(C)C. The van der Waals surface area contributed by atoms with Gasteiger partial charge in [-0.05, 0) is 24.3 Å². The molecule has 0 heterocycles. The van der Waals surface area contributed by atoms with Crippen molar-refractivity contribution < 1.29 is 29.4 Å². The Labute approximate surface area is 200 Å². The Balaban J connectivity index is 2.99. The monoisotopic (exact) mass is 478 g/mol. The number of nitrogens with two attached hydrogens (primary N) is 1. The number of hydrogen-bond acceptors (Lipinski definition) is 6. The number of amides is 3. The molecule has 1 rings (SSSR count). The number of carbonyl (C=O) groups is 4. The van der Waals surface area contributed by atoms with Crippen LogP contribution in [0.2, 0.25) is 0 Å². The third-order valence-electron chi connectivity index (χ3n) is 5.76. The van der Waals surface area contributed by atoms with Gasteiger partial charge in [-0.25, -0.2) is 4.79 Å². The second-order valence-electron chi connectivity index (χ2n) is 8.96. The van der Waals surface area contributed by atoms with E-state index >= 15 is 0 Å². The van der Waals surface area contributed by atoms with Crippen LogP contribution in [-0.4, -0.2) is 64.2 Å². The average Bonchev–Trinajstić information content (AvgIpc) is 2.79. The number of nitrogens with one attached hydrogen (secondary N) is 3. The molecule has 0 spiro atoms. The minimum Gasteiger partial charge on any atom is -0.480 e. The minimum atomic E-state index is -1.21. The molecule has 6 atom stereocenters. The zero-order valence-electron chi connectivity index (χ0n) is 20.4. The van der Waals surface area contributed by atoms with Crippen LogP contribution < -0.4 is 21.7 Å². The number of rotatable bonds is 13. The van der Waals surface area contributed by atoms with E-state index in [0.29, 0.717) is 6.42 Å². The highest BCUT2D eigenvalue weighted by atomic mass is 16.4. The summed E-state index contributed by atoms with van der Waals surface area (Å²) in [7, 11) is 0. The summed E-state index contributed by atoms with van der Waals surface area (Å²) in [6, 6.07) is 4.49. The standard InChI is InChI=1S/C24H38N4O6/c1-6-14(4)20(28-21(30)18(25)15(5)29)23(32)27-19(13(2)3)22(31)26-17(24(33)34)12-16-10-8-7-9-11-16/h7-11,13-15,17-20,29H,6,12,25H2,1-5H3,(H,26,31)(H,27,32)(H,28,30)(H,33,34). The topological polar surface area (TPSA) is 171 Å². The van der Waals surface area contributed by atoms with Gasteiger partial charge in [-0.2, -0.15) is 0 Å². The minimum absolute atomic E-state index is 0.0868. The molecule has 0 radical (unpaired) electrons. The van der Waals surface area contributed by atoms with E-state index in [0.717, 1.165) is 5.56 Å². The molecule has 6 unspecified atom stereocenters. The summed E-state index contributed by atoms with van der Waals surface area (Å²) in [5.74, 6) is -3.75. The van der Waals surface area contributed by atoms with Gasteiger partial charge in [0, 0.05) is 6.42 Å². The van der Waals surface area contributed by atoms with Gasteiger partial charge in [-0.1, -0.05) is 64.4 Å². The molecule has 0 aliphatic rings. The van der Waals surface area contributed by atoms with Gasteiger partial charge in [-0.3, -0.25) is 14.4 Å². The van der Waals surface area contributed by atoms with E-state index in [-0.39, 0.29) is 18.3 Å². The Hall–Kier alpha value is -2.98. The Morgan fingerprint density at radius 3 is 1.88 bits per heavy atom. The van der Waals surface area contributed by atoms with E-state index in [1.165, 1.54) is 6.92 Å². The summed E-state index contributed by atoms with van der Waals surface area (Å²) in [5, 5.41) is 26.9. The number of carboxylic acids is 1. The highest BCUT2D eigenvalue weighted by Gasteiger charge is 2.34. The second-order valence-corrected chi connectivity index (χ2v) is 8.96. The first kappa shape index (κ1) is 29.1. The summed E-state index contributed by atoms with van der Waals surface area (Å²) in [6.45, 7) is 8.42. The maximum absolute atomic E-state index is 13.1. The highest BCUT2D eigenvalue weighted by Crippen LogP contribution is 2.12. The Morgan fingerprint density at radius 1 is 0.882 bits per heavy atom. The van der Waals surface area contributed by atoms with Gasteiger partial charge < -0.3 is 31.9 Å². The third-order valence-corrected chi connectivity index (χ3v) is 5.76. The molecule has 190 valence electrons. The fourth-order valence-corrected chi connectivity index (χ4v) is 3.26. The predicted octanol–water partition coefficient (Wildman–Crippen LogP) is 0.178. The van der Waals surface area contributed by atoms with Crippen LogP contribution in [-0.2, 0) is 25.6 Å². The quantitative estimate of drug-likeness (QED) is 0.235. The lowest BCUT2D eigenvalue weighted by atomic mass is 9.95.